The van der Waals surface area contributed by atoms with Crippen molar-refractivity contribution in [2.45, 2.75) is 12.8 Å². The number of halogens is 1. The first kappa shape index (κ1) is 13.6. The molecule has 2 aromatic rings. The lowest BCUT2D eigenvalue weighted by molar-refractivity contribution is 0.0951. The molecule has 0 saturated heterocycles. The van der Waals surface area contributed by atoms with Gasteiger partial charge in [-0.3, -0.25) is 4.79 Å². The van der Waals surface area contributed by atoms with Gasteiger partial charge in [-0.1, -0.05) is 48.9 Å². The van der Waals surface area contributed by atoms with Crippen molar-refractivity contribution in [2.75, 3.05) is 6.54 Å². The molecule has 0 aliphatic heterocycles. The largest absolute Gasteiger partial charge is 0.351 e. The average molecular weight is 275 g/mol. The number of nitrogens with zero attached hydrogens (tertiary/aromatic N) is 1. The van der Waals surface area contributed by atoms with Gasteiger partial charge in [-0.2, -0.15) is 0 Å². The van der Waals surface area contributed by atoms with E-state index in [1.165, 1.54) is 5.56 Å². The van der Waals surface area contributed by atoms with E-state index < -0.39 is 0 Å². The van der Waals surface area contributed by atoms with E-state index in [1.807, 2.05) is 30.3 Å². The highest BCUT2D eigenvalue weighted by atomic mass is 35.5. The Hall–Kier alpha value is -1.87. The molecule has 0 bridgehead atoms. The van der Waals surface area contributed by atoms with Gasteiger partial charge in [0, 0.05) is 12.7 Å². The lowest BCUT2D eigenvalue weighted by Gasteiger charge is -2.13. The molecule has 0 aliphatic carbocycles. The zero-order valence-corrected chi connectivity index (χ0v) is 11.4. The number of hydrogen-bond donors (Lipinski definition) is 1. The Balaban J connectivity index is 1.96. The molecular weight excluding hydrogens is 260 g/mol. The fourth-order valence-corrected chi connectivity index (χ4v) is 2.00. The molecule has 0 fully saturated rings. The second-order valence-electron chi connectivity index (χ2n) is 4.36. The van der Waals surface area contributed by atoms with E-state index in [-0.39, 0.29) is 17.0 Å². The van der Waals surface area contributed by atoms with Crippen molar-refractivity contribution < 1.29 is 4.79 Å². The van der Waals surface area contributed by atoms with E-state index in [0.717, 1.165) is 0 Å². The number of rotatable bonds is 4. The summed E-state index contributed by atoms with van der Waals surface area (Å²) in [6, 6.07) is 13.4. The molecule has 1 heterocycles. The van der Waals surface area contributed by atoms with Crippen LogP contribution in [-0.2, 0) is 0 Å². The maximum Gasteiger partial charge on any atom is 0.254 e. The van der Waals surface area contributed by atoms with Gasteiger partial charge < -0.3 is 5.32 Å². The summed E-state index contributed by atoms with van der Waals surface area (Å²) in [5, 5.41) is 3.10. The summed E-state index contributed by atoms with van der Waals surface area (Å²) in [5.74, 6) is 0.0569. The molecule has 0 aliphatic rings. The molecular formula is C15H15ClN2O. The van der Waals surface area contributed by atoms with E-state index in [4.69, 9.17) is 11.6 Å². The Morgan fingerprint density at radius 3 is 2.68 bits per heavy atom. The van der Waals surface area contributed by atoms with E-state index in [9.17, 15) is 4.79 Å². The van der Waals surface area contributed by atoms with Crippen molar-refractivity contribution in [3.63, 3.8) is 0 Å². The minimum absolute atomic E-state index is 0.194. The standard InChI is InChI=1S/C15H15ClN2O/c1-11(12-6-3-2-4-7-12)10-18-15(19)13-8-5-9-17-14(13)16/h2-9,11H,10H2,1H3,(H,18,19). The summed E-state index contributed by atoms with van der Waals surface area (Å²) in [6.45, 7) is 2.63. The topological polar surface area (TPSA) is 42.0 Å². The van der Waals surface area contributed by atoms with Gasteiger partial charge in [0.15, 0.2) is 0 Å². The molecule has 98 valence electrons. The van der Waals surface area contributed by atoms with Gasteiger partial charge in [0.05, 0.1) is 5.56 Å². The first-order valence-electron chi connectivity index (χ1n) is 6.12. The lowest BCUT2D eigenvalue weighted by atomic mass is 10.0. The Bertz CT molecular complexity index is 557. The summed E-state index contributed by atoms with van der Waals surface area (Å²) in [5.41, 5.74) is 1.60. The van der Waals surface area contributed by atoms with Crippen molar-refractivity contribution in [2.24, 2.45) is 0 Å². The van der Waals surface area contributed by atoms with Crippen LogP contribution in [0, 0.1) is 0 Å². The predicted molar refractivity (Wildman–Crippen MR) is 76.4 cm³/mol. The molecule has 1 atom stereocenters. The number of carbonyl (C=O) groups is 1. The Labute approximate surface area is 117 Å². The molecule has 1 aromatic heterocycles. The maximum absolute atomic E-state index is 12.0. The van der Waals surface area contributed by atoms with Gasteiger partial charge in [0.2, 0.25) is 0 Å². The second-order valence-corrected chi connectivity index (χ2v) is 4.72. The molecule has 4 heteroatoms. The molecule has 1 aromatic carbocycles. The van der Waals surface area contributed by atoms with Crippen LogP contribution < -0.4 is 5.32 Å². The SMILES string of the molecule is CC(CNC(=O)c1cccnc1Cl)c1ccccc1. The summed E-state index contributed by atoms with van der Waals surface area (Å²) in [7, 11) is 0. The van der Waals surface area contributed by atoms with Crippen LogP contribution in [0.5, 0.6) is 0 Å². The Kier molecular flexibility index (Phi) is 4.53. The van der Waals surface area contributed by atoms with E-state index in [1.54, 1.807) is 18.3 Å². The summed E-state index contributed by atoms with van der Waals surface area (Å²) < 4.78 is 0. The predicted octanol–water partition coefficient (Wildman–Crippen LogP) is 3.27. The highest BCUT2D eigenvalue weighted by molar-refractivity contribution is 6.32. The monoisotopic (exact) mass is 274 g/mol. The molecule has 0 spiro atoms. The molecule has 1 unspecified atom stereocenters. The lowest BCUT2D eigenvalue weighted by Crippen LogP contribution is -2.27. The number of hydrogen-bond acceptors (Lipinski definition) is 2. The quantitative estimate of drug-likeness (QED) is 0.870. The third-order valence-corrected chi connectivity index (χ3v) is 3.24. The number of benzene rings is 1. The molecule has 3 nitrogen and oxygen atoms in total. The summed E-state index contributed by atoms with van der Waals surface area (Å²) in [6.07, 6.45) is 1.56. The van der Waals surface area contributed by atoms with Gasteiger partial charge in [-0.05, 0) is 23.6 Å². The molecule has 1 amide bonds. The van der Waals surface area contributed by atoms with Crippen molar-refractivity contribution >= 4 is 17.5 Å². The second kappa shape index (κ2) is 6.34. The third-order valence-electron chi connectivity index (χ3n) is 2.94. The number of pyridine rings is 1. The highest BCUT2D eigenvalue weighted by Crippen LogP contribution is 2.14. The van der Waals surface area contributed by atoms with Gasteiger partial charge in [0.1, 0.15) is 5.15 Å². The average Bonchev–Trinajstić information content (AvgIpc) is 2.46. The number of amides is 1. The van der Waals surface area contributed by atoms with Crippen LogP contribution in [0.3, 0.4) is 0 Å². The fourth-order valence-electron chi connectivity index (χ4n) is 1.80. The van der Waals surface area contributed by atoms with Crippen LogP contribution >= 0.6 is 11.6 Å². The molecule has 19 heavy (non-hydrogen) atoms. The van der Waals surface area contributed by atoms with Crippen LogP contribution in [0.2, 0.25) is 5.15 Å². The van der Waals surface area contributed by atoms with E-state index in [2.05, 4.69) is 17.2 Å². The van der Waals surface area contributed by atoms with Crippen LogP contribution in [0.4, 0.5) is 0 Å². The van der Waals surface area contributed by atoms with Crippen LogP contribution in [0.15, 0.2) is 48.7 Å². The van der Waals surface area contributed by atoms with Crippen LogP contribution in [0.25, 0.3) is 0 Å². The Morgan fingerprint density at radius 2 is 2.00 bits per heavy atom. The first-order valence-corrected chi connectivity index (χ1v) is 6.50. The maximum atomic E-state index is 12.0. The molecule has 2 rings (SSSR count). The third kappa shape index (κ3) is 3.55. The summed E-state index contributed by atoms with van der Waals surface area (Å²) in [4.78, 5) is 15.9. The van der Waals surface area contributed by atoms with E-state index in [0.29, 0.717) is 12.1 Å². The van der Waals surface area contributed by atoms with Gasteiger partial charge >= 0.3 is 0 Å². The zero-order valence-electron chi connectivity index (χ0n) is 10.6. The van der Waals surface area contributed by atoms with Crippen molar-refractivity contribution in [1.29, 1.82) is 0 Å². The van der Waals surface area contributed by atoms with Crippen molar-refractivity contribution in [1.82, 2.24) is 10.3 Å². The molecule has 0 saturated carbocycles. The molecule has 0 radical (unpaired) electrons. The Morgan fingerprint density at radius 1 is 1.26 bits per heavy atom. The minimum Gasteiger partial charge on any atom is -0.351 e. The van der Waals surface area contributed by atoms with Gasteiger partial charge in [-0.15, -0.1) is 0 Å². The fraction of sp³-hybridized carbons (Fsp3) is 0.200. The van der Waals surface area contributed by atoms with Gasteiger partial charge in [0.25, 0.3) is 5.91 Å². The highest BCUT2D eigenvalue weighted by Gasteiger charge is 2.12. The van der Waals surface area contributed by atoms with Crippen molar-refractivity contribution in [3.05, 3.63) is 64.9 Å². The number of nitrogens with one attached hydrogen (secondary N) is 1. The number of aromatic nitrogens is 1. The number of carbonyl (C=O) groups excluding carboxylic acids is 1. The first-order chi connectivity index (χ1) is 9.18. The van der Waals surface area contributed by atoms with Gasteiger partial charge in [-0.25, -0.2) is 4.98 Å². The summed E-state index contributed by atoms with van der Waals surface area (Å²) >= 11 is 5.88. The normalized spacial score (nSPS) is 11.9. The smallest absolute Gasteiger partial charge is 0.254 e. The van der Waals surface area contributed by atoms with Crippen LogP contribution in [0.1, 0.15) is 28.8 Å². The van der Waals surface area contributed by atoms with Crippen LogP contribution in [-0.4, -0.2) is 17.4 Å². The zero-order chi connectivity index (χ0) is 13.7. The van der Waals surface area contributed by atoms with Crippen molar-refractivity contribution in [3.8, 4) is 0 Å². The minimum atomic E-state index is -0.194. The molecule has 1 N–H and O–H groups in total. The van der Waals surface area contributed by atoms with E-state index >= 15 is 0 Å².